The van der Waals surface area contributed by atoms with Crippen LogP contribution in [0.4, 0.5) is 4.79 Å². The Morgan fingerprint density at radius 2 is 1.91 bits per heavy atom. The Labute approximate surface area is 184 Å². The average Bonchev–Trinajstić information content (AvgIpc) is 3.25. The number of aromatic nitrogens is 2. The number of nitrogens with zero attached hydrogens (tertiary/aromatic N) is 2. The molecule has 0 fully saturated rings. The molecule has 1 aromatic heterocycles. The summed E-state index contributed by atoms with van der Waals surface area (Å²) >= 11 is 0. The van der Waals surface area contributed by atoms with Gasteiger partial charge in [-0.2, -0.15) is 0 Å². The molecule has 7 N–H and O–H groups in total. The molecule has 174 valence electrons. The zero-order valence-electron chi connectivity index (χ0n) is 17.7. The van der Waals surface area contributed by atoms with E-state index in [1.54, 1.807) is 24.3 Å². The van der Waals surface area contributed by atoms with E-state index in [-0.39, 0.29) is 24.6 Å². The van der Waals surface area contributed by atoms with Gasteiger partial charge in [-0.15, -0.1) is 10.2 Å². The first-order valence-electron chi connectivity index (χ1n) is 10.1. The maximum atomic E-state index is 12.4. The van der Waals surface area contributed by atoms with Gasteiger partial charge in [0.15, 0.2) is 0 Å². The Kier molecular flexibility index (Phi) is 9.42. The topological polar surface area (TPSA) is 196 Å². The fraction of sp³-hybridized carbons (Fsp3) is 0.450. The SMILES string of the molecule is COc1ccccc1-c1nnc([C@H](CC(N)=O)NC(=O)N[C@@H](CCCCCN)C(=O)O)o1. The molecule has 12 nitrogen and oxygen atoms in total. The number of amides is 3. The molecule has 0 aliphatic rings. The van der Waals surface area contributed by atoms with Gasteiger partial charge in [0, 0.05) is 0 Å². The van der Waals surface area contributed by atoms with E-state index in [1.807, 2.05) is 0 Å². The highest BCUT2D eigenvalue weighted by atomic mass is 16.5. The third-order valence-corrected chi connectivity index (χ3v) is 4.59. The fourth-order valence-corrected chi connectivity index (χ4v) is 2.99. The summed E-state index contributed by atoms with van der Waals surface area (Å²) in [5, 5.41) is 22.1. The summed E-state index contributed by atoms with van der Waals surface area (Å²) in [5.41, 5.74) is 11.2. The van der Waals surface area contributed by atoms with Crippen LogP contribution in [0, 0.1) is 0 Å². The lowest BCUT2D eigenvalue weighted by atomic mass is 10.1. The van der Waals surface area contributed by atoms with Crippen LogP contribution in [0.3, 0.4) is 0 Å². The van der Waals surface area contributed by atoms with Crippen molar-refractivity contribution in [3.8, 4) is 17.2 Å². The average molecular weight is 448 g/mol. The Balaban J connectivity index is 2.11. The van der Waals surface area contributed by atoms with Crippen LogP contribution >= 0.6 is 0 Å². The molecule has 0 radical (unpaired) electrons. The van der Waals surface area contributed by atoms with E-state index in [2.05, 4.69) is 20.8 Å². The second-order valence-electron chi connectivity index (χ2n) is 7.02. The minimum absolute atomic E-state index is 0.0605. The van der Waals surface area contributed by atoms with Crippen molar-refractivity contribution in [1.29, 1.82) is 0 Å². The van der Waals surface area contributed by atoms with Gasteiger partial charge in [0.1, 0.15) is 17.8 Å². The Bertz CT molecular complexity index is 917. The molecule has 12 heteroatoms. The number of carbonyl (C=O) groups excluding carboxylic acids is 2. The highest BCUT2D eigenvalue weighted by Crippen LogP contribution is 2.29. The lowest BCUT2D eigenvalue weighted by Gasteiger charge is -2.18. The number of nitrogens with one attached hydrogen (secondary N) is 2. The first-order chi connectivity index (χ1) is 15.3. The van der Waals surface area contributed by atoms with Gasteiger partial charge in [-0.3, -0.25) is 4.79 Å². The quantitative estimate of drug-likeness (QED) is 0.277. The third kappa shape index (κ3) is 7.23. The number of methoxy groups -OCH3 is 1. The van der Waals surface area contributed by atoms with Crippen molar-refractivity contribution in [2.75, 3.05) is 13.7 Å². The number of hydrogen-bond donors (Lipinski definition) is 5. The molecule has 1 heterocycles. The first-order valence-corrected chi connectivity index (χ1v) is 10.1. The molecule has 32 heavy (non-hydrogen) atoms. The number of nitrogens with two attached hydrogens (primary N) is 2. The van der Waals surface area contributed by atoms with Crippen LogP contribution in [-0.2, 0) is 9.59 Å². The van der Waals surface area contributed by atoms with E-state index in [4.69, 9.17) is 20.6 Å². The summed E-state index contributed by atoms with van der Waals surface area (Å²) in [4.78, 5) is 35.4. The summed E-state index contributed by atoms with van der Waals surface area (Å²) in [6, 6.07) is 4.00. The number of primary amides is 1. The van der Waals surface area contributed by atoms with Crippen LogP contribution in [0.5, 0.6) is 5.75 Å². The number of unbranched alkanes of at least 4 members (excludes halogenated alkanes) is 2. The Hall–Kier alpha value is -3.67. The number of aliphatic carboxylic acids is 1. The molecular formula is C20H28N6O6. The van der Waals surface area contributed by atoms with Crippen LogP contribution in [0.1, 0.15) is 44.0 Å². The van der Waals surface area contributed by atoms with Gasteiger partial charge in [-0.25, -0.2) is 9.59 Å². The largest absolute Gasteiger partial charge is 0.496 e. The highest BCUT2D eigenvalue weighted by molar-refractivity contribution is 5.83. The Morgan fingerprint density at radius 3 is 2.56 bits per heavy atom. The minimum Gasteiger partial charge on any atom is -0.496 e. The third-order valence-electron chi connectivity index (χ3n) is 4.59. The molecule has 0 bridgehead atoms. The predicted octanol–water partition coefficient (Wildman–Crippen LogP) is 0.933. The van der Waals surface area contributed by atoms with E-state index in [0.29, 0.717) is 24.3 Å². The molecule has 0 saturated heterocycles. The van der Waals surface area contributed by atoms with Crippen LogP contribution in [0.15, 0.2) is 28.7 Å². The number of carboxylic acids is 1. The van der Waals surface area contributed by atoms with Gasteiger partial charge in [0.25, 0.3) is 5.89 Å². The number of hydrogen-bond acceptors (Lipinski definition) is 8. The maximum Gasteiger partial charge on any atom is 0.326 e. The van der Waals surface area contributed by atoms with E-state index in [9.17, 15) is 19.5 Å². The number of ether oxygens (including phenoxy) is 1. The van der Waals surface area contributed by atoms with Crippen LogP contribution in [-0.4, -0.2) is 52.9 Å². The van der Waals surface area contributed by atoms with Crippen molar-refractivity contribution < 1.29 is 28.6 Å². The predicted molar refractivity (Wildman–Crippen MR) is 113 cm³/mol. The summed E-state index contributed by atoms with van der Waals surface area (Å²) in [7, 11) is 1.49. The molecule has 1 aromatic carbocycles. The van der Waals surface area contributed by atoms with Crippen LogP contribution in [0.25, 0.3) is 11.5 Å². The van der Waals surface area contributed by atoms with Crippen molar-refractivity contribution in [1.82, 2.24) is 20.8 Å². The van der Waals surface area contributed by atoms with Gasteiger partial charge < -0.3 is 36.4 Å². The van der Waals surface area contributed by atoms with Crippen molar-refractivity contribution >= 4 is 17.9 Å². The van der Waals surface area contributed by atoms with Gasteiger partial charge >= 0.3 is 12.0 Å². The molecule has 2 rings (SSSR count). The summed E-state index contributed by atoms with van der Waals surface area (Å²) < 4.78 is 10.9. The number of carbonyl (C=O) groups is 3. The van der Waals surface area contributed by atoms with Gasteiger partial charge in [0.05, 0.1) is 19.1 Å². The molecule has 3 amide bonds. The van der Waals surface area contributed by atoms with Crippen LogP contribution in [0.2, 0.25) is 0 Å². The van der Waals surface area contributed by atoms with Crippen molar-refractivity contribution in [2.45, 2.75) is 44.2 Å². The number of carboxylic acid groups (broad SMARTS) is 1. The van der Waals surface area contributed by atoms with Gasteiger partial charge in [0.2, 0.25) is 11.8 Å². The van der Waals surface area contributed by atoms with E-state index in [0.717, 1.165) is 12.8 Å². The van der Waals surface area contributed by atoms with Crippen molar-refractivity contribution in [3.05, 3.63) is 30.2 Å². The maximum absolute atomic E-state index is 12.4. The van der Waals surface area contributed by atoms with Crippen molar-refractivity contribution in [3.63, 3.8) is 0 Å². The molecule has 2 aromatic rings. The zero-order chi connectivity index (χ0) is 23.5. The normalized spacial score (nSPS) is 12.6. The molecule has 0 saturated carbocycles. The second kappa shape index (κ2) is 12.2. The van der Waals surface area contributed by atoms with Crippen LogP contribution < -0.4 is 26.8 Å². The second-order valence-corrected chi connectivity index (χ2v) is 7.02. The zero-order valence-corrected chi connectivity index (χ0v) is 17.7. The smallest absolute Gasteiger partial charge is 0.326 e. The first kappa shape index (κ1) is 24.6. The van der Waals surface area contributed by atoms with E-state index in [1.165, 1.54) is 7.11 Å². The minimum atomic E-state index is -1.17. The van der Waals surface area contributed by atoms with E-state index >= 15 is 0 Å². The van der Waals surface area contributed by atoms with Gasteiger partial charge in [-0.05, 0) is 31.5 Å². The molecule has 0 aliphatic heterocycles. The highest BCUT2D eigenvalue weighted by Gasteiger charge is 2.26. The molecule has 0 spiro atoms. The lowest BCUT2D eigenvalue weighted by molar-refractivity contribution is -0.139. The van der Waals surface area contributed by atoms with Gasteiger partial charge in [-0.1, -0.05) is 25.0 Å². The molecule has 0 unspecified atom stereocenters. The number of urea groups is 1. The molecule has 2 atom stereocenters. The number of rotatable bonds is 13. The number of para-hydroxylation sites is 1. The fourth-order valence-electron chi connectivity index (χ4n) is 2.99. The lowest BCUT2D eigenvalue weighted by Crippen LogP contribution is -2.47. The standard InChI is InChI=1S/C20H28N6O6/c1-31-15-9-5-4-7-12(15)17-25-26-18(32-17)14(11-16(22)27)24-20(30)23-13(19(28)29)8-3-2-6-10-21/h4-5,7,9,13-14H,2-3,6,8,10-11,21H2,1H3,(H2,22,27)(H,28,29)(H2,23,24,30)/t13-,14-/m0/s1. The summed E-state index contributed by atoms with van der Waals surface area (Å²) in [5.74, 6) is -1.33. The summed E-state index contributed by atoms with van der Waals surface area (Å²) in [6.45, 7) is 0.515. The Morgan fingerprint density at radius 1 is 1.16 bits per heavy atom. The molecular weight excluding hydrogens is 420 g/mol. The van der Waals surface area contributed by atoms with Crippen molar-refractivity contribution in [2.24, 2.45) is 11.5 Å². The molecule has 0 aliphatic carbocycles. The summed E-state index contributed by atoms with van der Waals surface area (Å²) in [6.07, 6.45) is 2.02. The monoisotopic (exact) mass is 448 g/mol. The van der Waals surface area contributed by atoms with E-state index < -0.39 is 30.0 Å². The number of benzene rings is 1.